The lowest BCUT2D eigenvalue weighted by atomic mass is 9.88. The van der Waals surface area contributed by atoms with Gasteiger partial charge in [-0.05, 0) is 54.5 Å². The van der Waals surface area contributed by atoms with Crippen molar-refractivity contribution in [3.8, 4) is 0 Å². The third-order valence-electron chi connectivity index (χ3n) is 6.49. The third kappa shape index (κ3) is 7.16. The van der Waals surface area contributed by atoms with Crippen LogP contribution in [0.3, 0.4) is 0 Å². The molecule has 35 heavy (non-hydrogen) atoms. The summed E-state index contributed by atoms with van der Waals surface area (Å²) >= 11 is 0. The van der Waals surface area contributed by atoms with E-state index >= 15 is 0 Å². The summed E-state index contributed by atoms with van der Waals surface area (Å²) in [6, 6.07) is 38.9. The summed E-state index contributed by atoms with van der Waals surface area (Å²) in [4.78, 5) is 7.28. The Kier molecular flexibility index (Phi) is 9.29. The van der Waals surface area contributed by atoms with Crippen molar-refractivity contribution in [2.75, 3.05) is 13.1 Å². The molecule has 0 fully saturated rings. The van der Waals surface area contributed by atoms with E-state index in [4.69, 9.17) is 4.98 Å². The van der Waals surface area contributed by atoms with Gasteiger partial charge >= 0.3 is 0 Å². The Bertz CT molecular complexity index is 1100. The molecule has 0 atom stereocenters. The van der Waals surface area contributed by atoms with E-state index < -0.39 is 0 Å². The summed E-state index contributed by atoms with van der Waals surface area (Å²) < 4.78 is 0. The maximum absolute atomic E-state index is 4.72. The minimum absolute atomic E-state index is 0.362. The van der Waals surface area contributed by atoms with Crippen LogP contribution in [0.25, 0.3) is 5.70 Å². The summed E-state index contributed by atoms with van der Waals surface area (Å²) in [6.07, 6.45) is 8.47. The quantitative estimate of drug-likeness (QED) is 0.213. The van der Waals surface area contributed by atoms with Gasteiger partial charge in [0.05, 0.1) is 11.4 Å². The van der Waals surface area contributed by atoms with Crippen LogP contribution in [0.1, 0.15) is 54.5 Å². The van der Waals surface area contributed by atoms with Gasteiger partial charge < -0.3 is 4.90 Å². The number of aryl methyl sites for hydroxylation is 1. The molecule has 178 valence electrons. The molecule has 0 saturated heterocycles. The van der Waals surface area contributed by atoms with Gasteiger partial charge in [0.2, 0.25) is 0 Å². The molecule has 0 unspecified atom stereocenters. The lowest BCUT2D eigenvalue weighted by Gasteiger charge is -2.30. The number of aromatic nitrogens is 1. The molecule has 0 bridgehead atoms. The van der Waals surface area contributed by atoms with Crippen LogP contribution in [0.5, 0.6) is 0 Å². The first-order valence-electron chi connectivity index (χ1n) is 12.9. The van der Waals surface area contributed by atoms with Gasteiger partial charge in [0.15, 0.2) is 0 Å². The molecule has 2 nitrogen and oxygen atoms in total. The van der Waals surface area contributed by atoms with Gasteiger partial charge in [-0.3, -0.25) is 4.98 Å². The molecule has 0 amide bonds. The molecule has 0 saturated carbocycles. The van der Waals surface area contributed by atoms with E-state index in [0.717, 1.165) is 44.5 Å². The van der Waals surface area contributed by atoms with Gasteiger partial charge in [-0.15, -0.1) is 0 Å². The first kappa shape index (κ1) is 24.5. The molecular weight excluding hydrogens is 424 g/mol. The minimum Gasteiger partial charge on any atom is -0.370 e. The summed E-state index contributed by atoms with van der Waals surface area (Å²) in [5.74, 6) is 0.362. The first-order valence-corrected chi connectivity index (χ1v) is 12.9. The van der Waals surface area contributed by atoms with Gasteiger partial charge in [0.25, 0.3) is 0 Å². The molecule has 2 heteroatoms. The number of hydrogen-bond donors (Lipinski definition) is 0. The lowest BCUT2D eigenvalue weighted by Crippen LogP contribution is -2.27. The van der Waals surface area contributed by atoms with Crippen LogP contribution in [0, 0.1) is 0 Å². The van der Waals surface area contributed by atoms with Crippen LogP contribution in [0.15, 0.2) is 121 Å². The summed E-state index contributed by atoms with van der Waals surface area (Å²) in [7, 11) is 0. The maximum Gasteiger partial charge on any atom is 0.0859 e. The normalized spacial score (nSPS) is 11.5. The van der Waals surface area contributed by atoms with Gasteiger partial charge in [-0.2, -0.15) is 0 Å². The zero-order valence-electron chi connectivity index (χ0n) is 20.8. The minimum atomic E-state index is 0.362. The van der Waals surface area contributed by atoms with Crippen LogP contribution in [-0.2, 0) is 6.42 Å². The second kappa shape index (κ2) is 13.3. The zero-order chi connectivity index (χ0) is 24.1. The molecule has 4 aromatic rings. The average molecular weight is 461 g/mol. The van der Waals surface area contributed by atoms with Crippen molar-refractivity contribution >= 4 is 5.70 Å². The molecule has 1 heterocycles. The Morgan fingerprint density at radius 2 is 1.34 bits per heavy atom. The smallest absolute Gasteiger partial charge is 0.0859 e. The Hall–Kier alpha value is -3.65. The highest BCUT2D eigenvalue weighted by Crippen LogP contribution is 2.30. The molecule has 0 N–H and O–H groups in total. The molecule has 1 aromatic heterocycles. The Morgan fingerprint density at radius 3 is 1.91 bits per heavy atom. The number of pyridine rings is 1. The van der Waals surface area contributed by atoms with Gasteiger partial charge in [0, 0.05) is 25.2 Å². The molecule has 0 radical (unpaired) electrons. The van der Waals surface area contributed by atoms with Crippen molar-refractivity contribution in [2.45, 2.75) is 38.5 Å². The molecular formula is C33H36N2. The number of rotatable bonds is 12. The molecule has 0 spiro atoms. The monoisotopic (exact) mass is 460 g/mol. The molecule has 3 aromatic carbocycles. The van der Waals surface area contributed by atoms with Crippen molar-refractivity contribution in [1.29, 1.82) is 0 Å². The van der Waals surface area contributed by atoms with Crippen molar-refractivity contribution in [3.05, 3.63) is 144 Å². The Morgan fingerprint density at radius 1 is 0.743 bits per heavy atom. The highest BCUT2D eigenvalue weighted by atomic mass is 15.1. The number of hydrogen-bond acceptors (Lipinski definition) is 2. The van der Waals surface area contributed by atoms with Crippen molar-refractivity contribution < 1.29 is 0 Å². The second-order valence-corrected chi connectivity index (χ2v) is 8.95. The highest BCUT2D eigenvalue weighted by molar-refractivity contribution is 5.60. The van der Waals surface area contributed by atoms with E-state index in [1.807, 2.05) is 12.3 Å². The third-order valence-corrected chi connectivity index (χ3v) is 6.49. The molecule has 0 aliphatic heterocycles. The van der Waals surface area contributed by atoms with E-state index in [-0.39, 0.29) is 0 Å². The van der Waals surface area contributed by atoms with Crippen LogP contribution in [-0.4, -0.2) is 23.0 Å². The fraction of sp³-hybridized carbons (Fsp3) is 0.242. The molecule has 4 rings (SSSR count). The van der Waals surface area contributed by atoms with E-state index in [9.17, 15) is 0 Å². The van der Waals surface area contributed by atoms with Crippen molar-refractivity contribution in [3.63, 3.8) is 0 Å². The summed E-state index contributed by atoms with van der Waals surface area (Å²) in [6.45, 7) is 4.20. The SMILES string of the molecule is CC/C=C(/c1ccccn1)N(CCCc1ccccc1)CCC(c1ccccc1)c1ccccc1. The van der Waals surface area contributed by atoms with E-state index in [2.05, 4.69) is 121 Å². The summed E-state index contributed by atoms with van der Waals surface area (Å²) in [5.41, 5.74) is 6.47. The van der Waals surface area contributed by atoms with E-state index in [1.54, 1.807) is 0 Å². The van der Waals surface area contributed by atoms with Crippen LogP contribution in [0.2, 0.25) is 0 Å². The summed E-state index contributed by atoms with van der Waals surface area (Å²) in [5, 5.41) is 0. The number of nitrogens with zero attached hydrogens (tertiary/aromatic N) is 2. The van der Waals surface area contributed by atoms with Crippen LogP contribution >= 0.6 is 0 Å². The predicted molar refractivity (Wildman–Crippen MR) is 148 cm³/mol. The van der Waals surface area contributed by atoms with E-state index in [1.165, 1.54) is 22.4 Å². The zero-order valence-corrected chi connectivity index (χ0v) is 20.8. The Labute approximate surface area is 211 Å². The predicted octanol–water partition coefficient (Wildman–Crippen LogP) is 7.99. The first-order chi connectivity index (χ1) is 17.3. The largest absolute Gasteiger partial charge is 0.370 e. The average Bonchev–Trinajstić information content (AvgIpc) is 2.93. The van der Waals surface area contributed by atoms with Crippen molar-refractivity contribution in [1.82, 2.24) is 9.88 Å². The molecule has 0 aliphatic carbocycles. The topological polar surface area (TPSA) is 16.1 Å². The fourth-order valence-corrected chi connectivity index (χ4v) is 4.76. The van der Waals surface area contributed by atoms with Crippen molar-refractivity contribution in [2.24, 2.45) is 0 Å². The van der Waals surface area contributed by atoms with Gasteiger partial charge in [0.1, 0.15) is 0 Å². The van der Waals surface area contributed by atoms with Crippen LogP contribution in [0.4, 0.5) is 0 Å². The fourth-order valence-electron chi connectivity index (χ4n) is 4.76. The maximum atomic E-state index is 4.72. The number of benzene rings is 3. The highest BCUT2D eigenvalue weighted by Gasteiger charge is 2.18. The lowest BCUT2D eigenvalue weighted by molar-refractivity contribution is 0.373. The van der Waals surface area contributed by atoms with Crippen LogP contribution < -0.4 is 0 Å². The molecule has 0 aliphatic rings. The standard InChI is InChI=1S/C33H36N2/c1-2-15-33(32-23-12-13-25-34-32)35(26-14-18-28-16-6-3-7-17-28)27-24-31(29-19-8-4-9-20-29)30-21-10-5-11-22-30/h3-13,15-17,19-23,25,31H,2,14,18,24,26-27H2,1H3/b33-15-. The van der Waals surface area contributed by atoms with Gasteiger partial charge in [-0.25, -0.2) is 0 Å². The second-order valence-electron chi connectivity index (χ2n) is 8.95. The Balaban J connectivity index is 1.57. The number of allylic oxidation sites excluding steroid dienone is 1. The van der Waals surface area contributed by atoms with Gasteiger partial charge in [-0.1, -0.05) is 110 Å². The van der Waals surface area contributed by atoms with E-state index in [0.29, 0.717) is 5.92 Å².